The fourth-order valence-electron chi connectivity index (χ4n) is 3.28. The number of rotatable bonds is 4. The number of carbonyl (C=O) groups excluding carboxylic acids is 1. The monoisotopic (exact) mass is 377 g/mol. The van der Waals surface area contributed by atoms with Gasteiger partial charge in [0.05, 0.1) is 15.9 Å². The van der Waals surface area contributed by atoms with Crippen molar-refractivity contribution in [3.8, 4) is 11.3 Å². The van der Waals surface area contributed by atoms with Gasteiger partial charge in [-0.05, 0) is 51.0 Å². The third kappa shape index (κ3) is 3.23. The van der Waals surface area contributed by atoms with E-state index in [2.05, 4.69) is 54.9 Å². The molecule has 0 aliphatic carbocycles. The minimum atomic E-state index is -0.0201. The molecule has 138 valence electrons. The van der Waals surface area contributed by atoms with E-state index in [1.807, 2.05) is 25.1 Å². The van der Waals surface area contributed by atoms with Gasteiger partial charge in [-0.2, -0.15) is 0 Å². The molecule has 0 fully saturated rings. The smallest absolute Gasteiger partial charge is 0.251 e. The standard InChI is InChI=1S/C22H23N3OS/c1-5-15(4)23-21(26)16-7-9-19-20(11-16)27-22-24-18(12-25(19)22)17-8-6-13(2)10-14(17)3/h6-12,15H,5H2,1-4H3,(H,23,26)/t15-/m1/s1. The van der Waals surface area contributed by atoms with Gasteiger partial charge in [-0.1, -0.05) is 42.0 Å². The summed E-state index contributed by atoms with van der Waals surface area (Å²) in [7, 11) is 0. The van der Waals surface area contributed by atoms with Crippen LogP contribution in [0.1, 0.15) is 41.8 Å². The zero-order valence-corrected chi connectivity index (χ0v) is 16.9. The van der Waals surface area contributed by atoms with Gasteiger partial charge in [-0.3, -0.25) is 9.20 Å². The molecule has 0 saturated carbocycles. The van der Waals surface area contributed by atoms with Crippen molar-refractivity contribution >= 4 is 32.4 Å². The molecule has 2 aromatic heterocycles. The molecule has 4 rings (SSSR count). The highest BCUT2D eigenvalue weighted by molar-refractivity contribution is 7.23. The van der Waals surface area contributed by atoms with Crippen molar-refractivity contribution in [3.63, 3.8) is 0 Å². The Bertz CT molecular complexity index is 1160. The second-order valence-corrected chi connectivity index (χ2v) is 8.17. The number of aromatic nitrogens is 2. The summed E-state index contributed by atoms with van der Waals surface area (Å²) in [6.07, 6.45) is 3.01. The molecular weight excluding hydrogens is 354 g/mol. The lowest BCUT2D eigenvalue weighted by Crippen LogP contribution is -2.31. The zero-order valence-electron chi connectivity index (χ0n) is 16.0. The van der Waals surface area contributed by atoms with E-state index in [0.29, 0.717) is 5.56 Å². The molecule has 1 atom stereocenters. The average molecular weight is 378 g/mol. The topological polar surface area (TPSA) is 46.4 Å². The normalized spacial score (nSPS) is 12.6. The molecule has 0 aliphatic rings. The highest BCUT2D eigenvalue weighted by atomic mass is 32.1. The Hall–Kier alpha value is -2.66. The molecule has 2 aromatic carbocycles. The van der Waals surface area contributed by atoms with Crippen LogP contribution in [-0.4, -0.2) is 21.3 Å². The van der Waals surface area contributed by atoms with Crippen molar-refractivity contribution < 1.29 is 4.79 Å². The van der Waals surface area contributed by atoms with Gasteiger partial charge < -0.3 is 5.32 Å². The van der Waals surface area contributed by atoms with E-state index in [1.165, 1.54) is 11.1 Å². The summed E-state index contributed by atoms with van der Waals surface area (Å²) in [6.45, 7) is 8.31. The van der Waals surface area contributed by atoms with Crippen LogP contribution in [0.25, 0.3) is 26.4 Å². The van der Waals surface area contributed by atoms with Gasteiger partial charge in [-0.25, -0.2) is 4.98 Å². The minimum absolute atomic E-state index is 0.0201. The number of thiazole rings is 1. The predicted octanol–water partition coefficient (Wildman–Crippen LogP) is 5.36. The first-order valence-electron chi connectivity index (χ1n) is 9.26. The first kappa shape index (κ1) is 17.7. The molecule has 1 amide bonds. The lowest BCUT2D eigenvalue weighted by atomic mass is 10.0. The average Bonchev–Trinajstić information content (AvgIpc) is 3.18. The van der Waals surface area contributed by atoms with E-state index >= 15 is 0 Å². The molecule has 1 N–H and O–H groups in total. The lowest BCUT2D eigenvalue weighted by molar-refractivity contribution is 0.0939. The molecule has 0 spiro atoms. The zero-order chi connectivity index (χ0) is 19.1. The Kier molecular flexibility index (Phi) is 4.48. The van der Waals surface area contributed by atoms with Crippen LogP contribution >= 0.6 is 11.3 Å². The van der Waals surface area contributed by atoms with Crippen molar-refractivity contribution in [2.24, 2.45) is 0 Å². The molecule has 0 saturated heterocycles. The summed E-state index contributed by atoms with van der Waals surface area (Å²) < 4.78 is 3.19. The maximum Gasteiger partial charge on any atom is 0.251 e. The number of aryl methyl sites for hydroxylation is 2. The first-order valence-corrected chi connectivity index (χ1v) is 10.1. The Morgan fingerprint density at radius 1 is 1.22 bits per heavy atom. The fourth-order valence-corrected chi connectivity index (χ4v) is 4.33. The van der Waals surface area contributed by atoms with Crippen LogP contribution in [-0.2, 0) is 0 Å². The largest absolute Gasteiger partial charge is 0.350 e. The van der Waals surface area contributed by atoms with E-state index in [1.54, 1.807) is 11.3 Å². The molecule has 0 radical (unpaired) electrons. The van der Waals surface area contributed by atoms with Gasteiger partial charge in [-0.15, -0.1) is 0 Å². The third-order valence-electron chi connectivity index (χ3n) is 5.00. The number of nitrogens with one attached hydrogen (secondary N) is 1. The third-order valence-corrected chi connectivity index (χ3v) is 6.02. The highest BCUT2D eigenvalue weighted by Gasteiger charge is 2.14. The maximum absolute atomic E-state index is 12.4. The van der Waals surface area contributed by atoms with Gasteiger partial charge in [0.25, 0.3) is 5.91 Å². The fraction of sp³-hybridized carbons (Fsp3) is 0.273. The van der Waals surface area contributed by atoms with Gasteiger partial charge in [0.15, 0.2) is 4.96 Å². The van der Waals surface area contributed by atoms with Crippen LogP contribution in [0.2, 0.25) is 0 Å². The van der Waals surface area contributed by atoms with E-state index in [-0.39, 0.29) is 11.9 Å². The van der Waals surface area contributed by atoms with Gasteiger partial charge in [0.1, 0.15) is 0 Å². The number of carbonyl (C=O) groups is 1. The van der Waals surface area contributed by atoms with Crippen LogP contribution in [0.5, 0.6) is 0 Å². The lowest BCUT2D eigenvalue weighted by Gasteiger charge is -2.11. The van der Waals surface area contributed by atoms with Gasteiger partial charge in [0, 0.05) is 23.4 Å². The van der Waals surface area contributed by atoms with Crippen molar-refractivity contribution in [2.75, 3.05) is 0 Å². The number of nitrogens with zero attached hydrogens (tertiary/aromatic N) is 2. The van der Waals surface area contributed by atoms with E-state index in [0.717, 1.165) is 32.9 Å². The summed E-state index contributed by atoms with van der Waals surface area (Å²) in [6, 6.07) is 12.5. The highest BCUT2D eigenvalue weighted by Crippen LogP contribution is 2.31. The molecule has 27 heavy (non-hydrogen) atoms. The van der Waals surface area contributed by atoms with Crippen LogP contribution in [0.4, 0.5) is 0 Å². The van der Waals surface area contributed by atoms with E-state index in [9.17, 15) is 4.79 Å². The van der Waals surface area contributed by atoms with E-state index in [4.69, 9.17) is 4.98 Å². The quantitative estimate of drug-likeness (QED) is 0.520. The van der Waals surface area contributed by atoms with Crippen molar-refractivity contribution in [2.45, 2.75) is 40.2 Å². The Morgan fingerprint density at radius 2 is 2.04 bits per heavy atom. The number of fused-ring (bicyclic) bond motifs is 3. The number of amides is 1. The van der Waals surface area contributed by atoms with Gasteiger partial charge >= 0.3 is 0 Å². The summed E-state index contributed by atoms with van der Waals surface area (Å²) in [4.78, 5) is 18.2. The maximum atomic E-state index is 12.4. The van der Waals surface area contributed by atoms with Crippen LogP contribution in [0.3, 0.4) is 0 Å². The second kappa shape index (κ2) is 6.82. The van der Waals surface area contributed by atoms with Crippen molar-refractivity contribution in [1.29, 1.82) is 0 Å². The molecule has 2 heterocycles. The number of hydrogen-bond donors (Lipinski definition) is 1. The van der Waals surface area contributed by atoms with Crippen LogP contribution in [0.15, 0.2) is 42.6 Å². The Morgan fingerprint density at radius 3 is 2.78 bits per heavy atom. The van der Waals surface area contributed by atoms with Gasteiger partial charge in [0.2, 0.25) is 0 Å². The summed E-state index contributed by atoms with van der Waals surface area (Å²) in [5, 5.41) is 3.02. The Balaban J connectivity index is 1.73. The van der Waals surface area contributed by atoms with Crippen LogP contribution in [0, 0.1) is 13.8 Å². The predicted molar refractivity (Wildman–Crippen MR) is 113 cm³/mol. The molecule has 0 aliphatic heterocycles. The SMILES string of the molecule is CC[C@@H](C)NC(=O)c1ccc2c(c1)sc1nc(-c3ccc(C)cc3C)cn12. The number of imidazole rings is 1. The number of hydrogen-bond acceptors (Lipinski definition) is 3. The molecule has 0 unspecified atom stereocenters. The summed E-state index contributed by atoms with van der Waals surface area (Å²) in [5.74, 6) is -0.0201. The van der Waals surface area contributed by atoms with Crippen LogP contribution < -0.4 is 5.32 Å². The molecule has 4 aromatic rings. The summed E-state index contributed by atoms with van der Waals surface area (Å²) >= 11 is 1.61. The molecule has 0 bridgehead atoms. The van der Waals surface area contributed by atoms with Crippen molar-refractivity contribution in [1.82, 2.24) is 14.7 Å². The molecule has 4 nitrogen and oxygen atoms in total. The second-order valence-electron chi connectivity index (χ2n) is 7.16. The van der Waals surface area contributed by atoms with E-state index < -0.39 is 0 Å². The van der Waals surface area contributed by atoms with Crippen molar-refractivity contribution in [3.05, 3.63) is 59.3 Å². The Labute approximate surface area is 162 Å². The number of benzene rings is 2. The minimum Gasteiger partial charge on any atom is -0.350 e. The summed E-state index contributed by atoms with van der Waals surface area (Å²) in [5.41, 5.74) is 6.41. The first-order chi connectivity index (χ1) is 13.0. The molecule has 5 heteroatoms. The molecular formula is C22H23N3OS.